The van der Waals surface area contributed by atoms with Gasteiger partial charge in [-0.25, -0.2) is 0 Å². The number of halogens is 3. The summed E-state index contributed by atoms with van der Waals surface area (Å²) in [6.07, 6.45) is -4.74. The van der Waals surface area contributed by atoms with Crippen LogP contribution >= 0.6 is 0 Å². The molecule has 0 aliphatic heterocycles. The first kappa shape index (κ1) is 21.2. The van der Waals surface area contributed by atoms with E-state index >= 15 is 0 Å². The van der Waals surface area contributed by atoms with E-state index in [4.69, 9.17) is 0 Å². The summed E-state index contributed by atoms with van der Waals surface area (Å²) < 4.78 is 42.1. The molecule has 0 spiro atoms. The highest BCUT2D eigenvalue weighted by atomic mass is 19.4. The van der Waals surface area contributed by atoms with Gasteiger partial charge in [-0.1, -0.05) is 23.4 Å². The van der Waals surface area contributed by atoms with Crippen LogP contribution in [0.15, 0.2) is 47.0 Å². The average molecular weight is 420 g/mol. The second-order valence-electron chi connectivity index (χ2n) is 6.65. The number of hydrogen-bond donors (Lipinski definition) is 2. The third-order valence-electron chi connectivity index (χ3n) is 4.42. The molecule has 7 nitrogen and oxygen atoms in total. The number of carbonyl (C=O) groups excluding carboxylic acids is 1. The summed E-state index contributed by atoms with van der Waals surface area (Å²) in [5, 5.41) is 15.9. The number of alkyl halides is 3. The van der Waals surface area contributed by atoms with Gasteiger partial charge in [-0.05, 0) is 30.7 Å². The lowest BCUT2D eigenvalue weighted by Gasteiger charge is -2.20. The Labute approximate surface area is 170 Å². The summed E-state index contributed by atoms with van der Waals surface area (Å²) >= 11 is 0. The van der Waals surface area contributed by atoms with E-state index in [1.807, 2.05) is 18.0 Å². The quantitative estimate of drug-likeness (QED) is 0.633. The lowest BCUT2D eigenvalue weighted by atomic mass is 10.1. The first-order valence-electron chi connectivity index (χ1n) is 8.95. The van der Waals surface area contributed by atoms with Crippen molar-refractivity contribution in [2.45, 2.75) is 13.1 Å². The molecule has 1 amide bonds. The standard InChI is InChI=1S/C20H19F3N4O3/c1-12-6-7-15(11-16(12)28)27(2)9-8-24-18(29)14-5-3-4-13(10-14)17-25-19(30-26-17)20(21,22)23/h3-7,10-11,28H,8-9H2,1-2H3,(H,24,29). The summed E-state index contributed by atoms with van der Waals surface area (Å²) in [6, 6.07) is 11.2. The molecule has 1 aromatic heterocycles. The van der Waals surface area contributed by atoms with Crippen molar-refractivity contribution < 1.29 is 27.6 Å². The summed E-state index contributed by atoms with van der Waals surface area (Å²) in [5.74, 6) is -1.90. The zero-order valence-corrected chi connectivity index (χ0v) is 16.2. The zero-order chi connectivity index (χ0) is 21.9. The van der Waals surface area contributed by atoms with E-state index in [2.05, 4.69) is 20.0 Å². The monoisotopic (exact) mass is 420 g/mol. The third kappa shape index (κ3) is 4.88. The van der Waals surface area contributed by atoms with E-state index in [0.29, 0.717) is 13.1 Å². The molecule has 10 heteroatoms. The lowest BCUT2D eigenvalue weighted by molar-refractivity contribution is -0.159. The molecule has 0 unspecified atom stereocenters. The predicted molar refractivity (Wildman–Crippen MR) is 103 cm³/mol. The number of aromatic nitrogens is 2. The van der Waals surface area contributed by atoms with Gasteiger partial charge in [0.05, 0.1) is 0 Å². The second-order valence-corrected chi connectivity index (χ2v) is 6.65. The van der Waals surface area contributed by atoms with Gasteiger partial charge in [-0.2, -0.15) is 18.2 Å². The molecule has 158 valence electrons. The highest BCUT2D eigenvalue weighted by Gasteiger charge is 2.38. The molecule has 0 radical (unpaired) electrons. The number of amides is 1. The van der Waals surface area contributed by atoms with Crippen molar-refractivity contribution in [3.63, 3.8) is 0 Å². The van der Waals surface area contributed by atoms with Gasteiger partial charge in [-0.15, -0.1) is 0 Å². The molecule has 3 rings (SSSR count). The van der Waals surface area contributed by atoms with Crippen LogP contribution < -0.4 is 10.2 Å². The number of likely N-dealkylation sites (N-methyl/N-ethyl adjacent to an activating group) is 1. The van der Waals surface area contributed by atoms with E-state index in [0.717, 1.165) is 11.3 Å². The van der Waals surface area contributed by atoms with Crippen LogP contribution in [-0.4, -0.2) is 41.3 Å². The topological polar surface area (TPSA) is 91.5 Å². The van der Waals surface area contributed by atoms with Gasteiger partial charge in [-0.3, -0.25) is 4.79 Å². The maximum Gasteiger partial charge on any atom is 0.471 e. The Morgan fingerprint density at radius 2 is 2.00 bits per heavy atom. The minimum atomic E-state index is -4.74. The Morgan fingerprint density at radius 3 is 2.67 bits per heavy atom. The van der Waals surface area contributed by atoms with E-state index in [1.54, 1.807) is 19.1 Å². The van der Waals surface area contributed by atoms with Crippen LogP contribution in [0, 0.1) is 6.92 Å². The predicted octanol–water partition coefficient (Wildman–Crippen LogP) is 3.64. The molecule has 1 heterocycles. The summed E-state index contributed by atoms with van der Waals surface area (Å²) in [6.45, 7) is 2.59. The number of nitrogens with one attached hydrogen (secondary N) is 1. The third-order valence-corrected chi connectivity index (χ3v) is 4.42. The Balaban J connectivity index is 1.61. The van der Waals surface area contributed by atoms with Crippen LogP contribution in [0.4, 0.5) is 18.9 Å². The number of nitrogens with zero attached hydrogens (tertiary/aromatic N) is 3. The van der Waals surface area contributed by atoms with Crippen molar-refractivity contribution in [1.82, 2.24) is 15.5 Å². The fraction of sp³-hybridized carbons (Fsp3) is 0.250. The van der Waals surface area contributed by atoms with Crippen molar-refractivity contribution in [2.24, 2.45) is 0 Å². The van der Waals surface area contributed by atoms with Gasteiger partial charge < -0.3 is 19.8 Å². The molecule has 30 heavy (non-hydrogen) atoms. The normalized spacial score (nSPS) is 11.4. The minimum absolute atomic E-state index is 0.190. The smallest absolute Gasteiger partial charge is 0.471 e. The van der Waals surface area contributed by atoms with E-state index in [1.165, 1.54) is 24.3 Å². The van der Waals surface area contributed by atoms with Crippen molar-refractivity contribution in [3.8, 4) is 17.1 Å². The van der Waals surface area contributed by atoms with Crippen molar-refractivity contribution in [2.75, 3.05) is 25.0 Å². The van der Waals surface area contributed by atoms with Crippen molar-refractivity contribution in [1.29, 1.82) is 0 Å². The molecule has 0 aliphatic carbocycles. The highest BCUT2D eigenvalue weighted by Crippen LogP contribution is 2.29. The van der Waals surface area contributed by atoms with E-state index < -0.39 is 18.0 Å². The number of benzene rings is 2. The number of carbonyl (C=O) groups is 1. The summed E-state index contributed by atoms with van der Waals surface area (Å²) in [7, 11) is 1.82. The van der Waals surface area contributed by atoms with Crippen LogP contribution in [0.1, 0.15) is 21.8 Å². The highest BCUT2D eigenvalue weighted by molar-refractivity contribution is 5.95. The number of aryl methyl sites for hydroxylation is 1. The largest absolute Gasteiger partial charge is 0.508 e. The first-order chi connectivity index (χ1) is 14.1. The van der Waals surface area contributed by atoms with Crippen LogP contribution in [0.25, 0.3) is 11.4 Å². The van der Waals surface area contributed by atoms with Crippen molar-refractivity contribution in [3.05, 3.63) is 59.5 Å². The summed E-state index contributed by atoms with van der Waals surface area (Å²) in [5.41, 5.74) is 2.05. The maximum atomic E-state index is 12.6. The van der Waals surface area contributed by atoms with Crippen molar-refractivity contribution >= 4 is 11.6 Å². The molecule has 0 fully saturated rings. The Morgan fingerprint density at radius 1 is 1.23 bits per heavy atom. The number of phenols is 1. The lowest BCUT2D eigenvalue weighted by Crippen LogP contribution is -2.33. The van der Waals surface area contributed by atoms with E-state index in [-0.39, 0.29) is 22.7 Å². The number of hydrogen-bond acceptors (Lipinski definition) is 6. The Kier molecular flexibility index (Phi) is 5.95. The Bertz CT molecular complexity index is 1050. The molecule has 2 N–H and O–H groups in total. The molecule has 2 aromatic carbocycles. The fourth-order valence-electron chi connectivity index (χ4n) is 2.66. The van der Waals surface area contributed by atoms with Gasteiger partial charge in [0, 0.05) is 43.0 Å². The molecule has 0 bridgehead atoms. The molecule has 0 atom stereocenters. The number of phenolic OH excluding ortho intramolecular Hbond substituents is 1. The molecular formula is C20H19F3N4O3. The second kappa shape index (κ2) is 8.44. The number of rotatable bonds is 6. The molecule has 3 aromatic rings. The van der Waals surface area contributed by atoms with Gasteiger partial charge >= 0.3 is 12.1 Å². The van der Waals surface area contributed by atoms with E-state index in [9.17, 15) is 23.1 Å². The van der Waals surface area contributed by atoms with Crippen LogP contribution in [0.2, 0.25) is 0 Å². The molecule has 0 aliphatic rings. The van der Waals surface area contributed by atoms with Gasteiger partial charge in [0.2, 0.25) is 5.82 Å². The van der Waals surface area contributed by atoms with Gasteiger partial charge in [0.1, 0.15) is 5.75 Å². The number of anilines is 1. The van der Waals surface area contributed by atoms with Gasteiger partial charge in [0.25, 0.3) is 5.91 Å². The van der Waals surface area contributed by atoms with Crippen LogP contribution in [0.5, 0.6) is 5.75 Å². The fourth-order valence-corrected chi connectivity index (χ4v) is 2.66. The minimum Gasteiger partial charge on any atom is -0.508 e. The molecule has 0 saturated carbocycles. The summed E-state index contributed by atoms with van der Waals surface area (Å²) in [4.78, 5) is 17.6. The first-order valence-corrected chi connectivity index (χ1v) is 8.95. The Hall–Kier alpha value is -3.56. The molecule has 0 saturated heterocycles. The SMILES string of the molecule is Cc1ccc(N(C)CCNC(=O)c2cccc(-c3noc(C(F)(F)F)n3)c2)cc1O. The number of aromatic hydroxyl groups is 1. The zero-order valence-electron chi connectivity index (χ0n) is 16.2. The maximum absolute atomic E-state index is 12.6. The van der Waals surface area contributed by atoms with Crippen LogP contribution in [-0.2, 0) is 6.18 Å². The molecular weight excluding hydrogens is 401 g/mol. The average Bonchev–Trinajstić information content (AvgIpc) is 3.21. The van der Waals surface area contributed by atoms with Gasteiger partial charge in [0.15, 0.2) is 0 Å². The van der Waals surface area contributed by atoms with Crippen LogP contribution in [0.3, 0.4) is 0 Å².